The van der Waals surface area contributed by atoms with Gasteiger partial charge in [-0.1, -0.05) is 35.4 Å². The van der Waals surface area contributed by atoms with Crippen molar-refractivity contribution in [3.63, 3.8) is 0 Å². The molecule has 0 fully saturated rings. The second kappa shape index (κ2) is 8.11. The van der Waals surface area contributed by atoms with Gasteiger partial charge in [0.15, 0.2) is 0 Å². The standard InChI is InChI=1S/C12H17N5O/c13-12(18)11(15-8-9-16-17-14)7-6-10-4-2-1-3-5-10/h1-5,11,15H,6-9H2,(H2,13,18). The number of nitrogens with one attached hydrogen (secondary N) is 1. The zero-order valence-corrected chi connectivity index (χ0v) is 10.1. The zero-order chi connectivity index (χ0) is 13.2. The van der Waals surface area contributed by atoms with Crippen LogP contribution < -0.4 is 11.1 Å². The molecule has 3 N–H and O–H groups in total. The Morgan fingerprint density at radius 3 is 2.78 bits per heavy atom. The molecule has 0 aliphatic rings. The molecule has 0 bridgehead atoms. The second-order valence-electron chi connectivity index (χ2n) is 3.89. The van der Waals surface area contributed by atoms with Gasteiger partial charge in [-0.25, -0.2) is 0 Å². The van der Waals surface area contributed by atoms with Crippen molar-refractivity contribution >= 4 is 5.91 Å². The van der Waals surface area contributed by atoms with Gasteiger partial charge in [0, 0.05) is 18.0 Å². The normalized spacial score (nSPS) is 11.6. The number of hydrogen-bond acceptors (Lipinski definition) is 3. The van der Waals surface area contributed by atoms with E-state index in [4.69, 9.17) is 11.3 Å². The minimum Gasteiger partial charge on any atom is -0.368 e. The molecule has 0 aromatic heterocycles. The highest BCUT2D eigenvalue weighted by atomic mass is 16.1. The summed E-state index contributed by atoms with van der Waals surface area (Å²) in [7, 11) is 0. The van der Waals surface area contributed by atoms with Gasteiger partial charge in [0.1, 0.15) is 0 Å². The molecule has 1 atom stereocenters. The molecule has 0 aliphatic heterocycles. The van der Waals surface area contributed by atoms with E-state index in [-0.39, 0.29) is 11.9 Å². The first kappa shape index (κ1) is 14.0. The Hall–Kier alpha value is -2.04. The molecule has 1 unspecified atom stereocenters. The van der Waals surface area contributed by atoms with Gasteiger partial charge in [-0.15, -0.1) is 0 Å². The lowest BCUT2D eigenvalue weighted by atomic mass is 10.0. The third-order valence-electron chi connectivity index (χ3n) is 2.57. The molecule has 6 nitrogen and oxygen atoms in total. The van der Waals surface area contributed by atoms with Crippen LogP contribution >= 0.6 is 0 Å². The smallest absolute Gasteiger partial charge is 0.234 e. The lowest BCUT2D eigenvalue weighted by Gasteiger charge is -2.14. The first-order valence-electron chi connectivity index (χ1n) is 5.81. The van der Waals surface area contributed by atoms with Crippen molar-refractivity contribution in [2.45, 2.75) is 18.9 Å². The van der Waals surface area contributed by atoms with Crippen molar-refractivity contribution in [1.29, 1.82) is 0 Å². The first-order valence-corrected chi connectivity index (χ1v) is 5.81. The zero-order valence-electron chi connectivity index (χ0n) is 10.1. The van der Waals surface area contributed by atoms with Gasteiger partial charge in [0.25, 0.3) is 0 Å². The number of azide groups is 1. The van der Waals surface area contributed by atoms with Crippen LogP contribution in [0.1, 0.15) is 12.0 Å². The molecule has 1 amide bonds. The number of amides is 1. The molecule has 1 rings (SSSR count). The molecular weight excluding hydrogens is 230 g/mol. The van der Waals surface area contributed by atoms with E-state index in [0.717, 1.165) is 6.42 Å². The number of nitrogens with zero attached hydrogens (tertiary/aromatic N) is 3. The number of hydrogen-bond donors (Lipinski definition) is 2. The average Bonchev–Trinajstić information content (AvgIpc) is 2.38. The molecule has 0 saturated heterocycles. The van der Waals surface area contributed by atoms with E-state index < -0.39 is 0 Å². The Morgan fingerprint density at radius 2 is 2.17 bits per heavy atom. The predicted octanol–water partition coefficient (Wildman–Crippen LogP) is 1.37. The van der Waals surface area contributed by atoms with E-state index in [1.54, 1.807) is 0 Å². The topological polar surface area (TPSA) is 104 Å². The van der Waals surface area contributed by atoms with E-state index in [2.05, 4.69) is 15.3 Å². The fourth-order valence-electron chi connectivity index (χ4n) is 1.63. The minimum atomic E-state index is -0.390. The van der Waals surface area contributed by atoms with E-state index >= 15 is 0 Å². The molecule has 1 aromatic carbocycles. The lowest BCUT2D eigenvalue weighted by Crippen LogP contribution is -2.42. The van der Waals surface area contributed by atoms with Crippen LogP contribution in [0.25, 0.3) is 10.4 Å². The summed E-state index contributed by atoms with van der Waals surface area (Å²) in [6.07, 6.45) is 1.42. The van der Waals surface area contributed by atoms with Crippen LogP contribution in [0, 0.1) is 0 Å². The fourth-order valence-corrected chi connectivity index (χ4v) is 1.63. The van der Waals surface area contributed by atoms with Crippen molar-refractivity contribution in [2.24, 2.45) is 10.8 Å². The van der Waals surface area contributed by atoms with Crippen molar-refractivity contribution in [3.05, 3.63) is 46.3 Å². The summed E-state index contributed by atoms with van der Waals surface area (Å²) < 4.78 is 0. The summed E-state index contributed by atoms with van der Waals surface area (Å²) in [6.45, 7) is 0.762. The SMILES string of the molecule is [N-]=[N+]=NCCNC(CCc1ccccc1)C(N)=O. The average molecular weight is 247 g/mol. The molecule has 0 spiro atoms. The van der Waals surface area contributed by atoms with Gasteiger partial charge < -0.3 is 11.1 Å². The number of aryl methyl sites for hydroxylation is 1. The highest BCUT2D eigenvalue weighted by molar-refractivity contribution is 5.79. The van der Waals surface area contributed by atoms with Crippen molar-refractivity contribution in [3.8, 4) is 0 Å². The third-order valence-corrected chi connectivity index (χ3v) is 2.57. The molecule has 0 radical (unpaired) electrons. The first-order chi connectivity index (χ1) is 8.74. The molecule has 0 saturated carbocycles. The second-order valence-corrected chi connectivity index (χ2v) is 3.89. The van der Waals surface area contributed by atoms with E-state index in [9.17, 15) is 4.79 Å². The Kier molecular flexibility index (Phi) is 6.32. The maximum absolute atomic E-state index is 11.2. The van der Waals surface area contributed by atoms with Gasteiger partial charge in [-0.05, 0) is 23.9 Å². The summed E-state index contributed by atoms with van der Waals surface area (Å²) in [4.78, 5) is 13.9. The van der Waals surface area contributed by atoms with E-state index in [0.29, 0.717) is 19.5 Å². The molecule has 18 heavy (non-hydrogen) atoms. The molecule has 6 heteroatoms. The van der Waals surface area contributed by atoms with Gasteiger partial charge in [0.2, 0.25) is 5.91 Å². The van der Waals surface area contributed by atoms with Crippen LogP contribution in [0.15, 0.2) is 35.4 Å². The fraction of sp³-hybridized carbons (Fsp3) is 0.417. The van der Waals surface area contributed by atoms with E-state index in [1.165, 1.54) is 5.56 Å². The van der Waals surface area contributed by atoms with Crippen LogP contribution in [0.3, 0.4) is 0 Å². The van der Waals surface area contributed by atoms with Gasteiger partial charge in [-0.3, -0.25) is 4.79 Å². The summed E-state index contributed by atoms with van der Waals surface area (Å²) in [5.74, 6) is -0.383. The molecule has 0 aliphatic carbocycles. The molecule has 1 aromatic rings. The maximum atomic E-state index is 11.2. The van der Waals surface area contributed by atoms with Gasteiger partial charge in [0.05, 0.1) is 6.04 Å². The molecular formula is C12H17N5O. The number of primary amides is 1. The summed E-state index contributed by atoms with van der Waals surface area (Å²) in [6, 6.07) is 9.51. The summed E-state index contributed by atoms with van der Waals surface area (Å²) in [5.41, 5.74) is 14.6. The van der Waals surface area contributed by atoms with Gasteiger partial charge >= 0.3 is 0 Å². The monoisotopic (exact) mass is 247 g/mol. The Labute approximate surface area is 106 Å². The minimum absolute atomic E-state index is 0.311. The Morgan fingerprint density at radius 1 is 1.44 bits per heavy atom. The highest BCUT2D eigenvalue weighted by Crippen LogP contribution is 2.04. The van der Waals surface area contributed by atoms with Crippen LogP contribution in [0.4, 0.5) is 0 Å². The summed E-state index contributed by atoms with van der Waals surface area (Å²) in [5, 5.41) is 6.37. The van der Waals surface area contributed by atoms with Crippen molar-refractivity contribution in [1.82, 2.24) is 5.32 Å². The third kappa shape index (κ3) is 5.34. The quantitative estimate of drug-likeness (QED) is 0.313. The Bertz CT molecular complexity index is 414. The van der Waals surface area contributed by atoms with Crippen LogP contribution in [-0.2, 0) is 11.2 Å². The number of carbonyl (C=O) groups excluding carboxylic acids is 1. The summed E-state index contributed by atoms with van der Waals surface area (Å²) >= 11 is 0. The van der Waals surface area contributed by atoms with Crippen molar-refractivity contribution < 1.29 is 4.79 Å². The lowest BCUT2D eigenvalue weighted by molar-refractivity contribution is -0.120. The molecule has 0 heterocycles. The highest BCUT2D eigenvalue weighted by Gasteiger charge is 2.13. The number of benzene rings is 1. The van der Waals surface area contributed by atoms with Crippen LogP contribution in [0.5, 0.6) is 0 Å². The number of rotatable bonds is 8. The van der Waals surface area contributed by atoms with Crippen LogP contribution in [0.2, 0.25) is 0 Å². The van der Waals surface area contributed by atoms with E-state index in [1.807, 2.05) is 30.3 Å². The number of carbonyl (C=O) groups is 1. The maximum Gasteiger partial charge on any atom is 0.234 e. The van der Waals surface area contributed by atoms with Crippen molar-refractivity contribution in [2.75, 3.05) is 13.1 Å². The predicted molar refractivity (Wildman–Crippen MR) is 69.8 cm³/mol. The van der Waals surface area contributed by atoms with Gasteiger partial charge in [-0.2, -0.15) is 0 Å². The number of nitrogens with two attached hydrogens (primary N) is 1. The largest absolute Gasteiger partial charge is 0.368 e. The Balaban J connectivity index is 2.38. The molecule has 96 valence electrons. The van der Waals surface area contributed by atoms with Crippen LogP contribution in [-0.4, -0.2) is 25.0 Å².